The molecular formula is C33H24. The average Bonchev–Trinajstić information content (AvgIpc) is 3.30. The highest BCUT2D eigenvalue weighted by Gasteiger charge is 2.27. The van der Waals surface area contributed by atoms with Crippen LogP contribution in [0.1, 0.15) is 28.2 Å². The van der Waals surface area contributed by atoms with E-state index in [0.717, 1.165) is 0 Å². The van der Waals surface area contributed by atoms with Crippen molar-refractivity contribution in [3.05, 3.63) is 156 Å². The maximum Gasteiger partial charge on any atom is 0.0352 e. The van der Waals surface area contributed by atoms with E-state index >= 15 is 0 Å². The molecule has 0 heterocycles. The molecular weight excluding hydrogens is 396 g/mol. The summed E-state index contributed by atoms with van der Waals surface area (Å²) in [4.78, 5) is 0. The van der Waals surface area contributed by atoms with Gasteiger partial charge in [0, 0.05) is 5.92 Å². The van der Waals surface area contributed by atoms with E-state index in [1.54, 1.807) is 0 Å². The number of rotatable bonds is 4. The average molecular weight is 421 g/mol. The lowest BCUT2D eigenvalue weighted by Crippen LogP contribution is -2.01. The molecule has 0 N–H and O–H groups in total. The van der Waals surface area contributed by atoms with Gasteiger partial charge in [-0.05, 0) is 62.2 Å². The van der Waals surface area contributed by atoms with Crippen molar-refractivity contribution in [1.82, 2.24) is 0 Å². The van der Waals surface area contributed by atoms with Crippen molar-refractivity contribution >= 4 is 11.6 Å². The van der Waals surface area contributed by atoms with Gasteiger partial charge in [-0.15, -0.1) is 0 Å². The van der Waals surface area contributed by atoms with Crippen molar-refractivity contribution in [1.29, 1.82) is 0 Å². The van der Waals surface area contributed by atoms with Crippen LogP contribution in [0.5, 0.6) is 0 Å². The highest BCUT2D eigenvalue weighted by atomic mass is 14.3. The van der Waals surface area contributed by atoms with Crippen molar-refractivity contribution in [2.45, 2.75) is 5.92 Å². The van der Waals surface area contributed by atoms with Gasteiger partial charge < -0.3 is 0 Å². The zero-order chi connectivity index (χ0) is 22.0. The second kappa shape index (κ2) is 8.41. The molecule has 0 amide bonds. The SMILES string of the molecule is C1=C(c2cccc(-c3ccc(-c4ccccc4)cc3)c2)C(c2ccccc2)c2ccccc21. The van der Waals surface area contributed by atoms with Crippen LogP contribution in [-0.2, 0) is 0 Å². The van der Waals surface area contributed by atoms with E-state index in [-0.39, 0.29) is 5.92 Å². The molecule has 1 unspecified atom stereocenters. The van der Waals surface area contributed by atoms with E-state index in [2.05, 4.69) is 140 Å². The lowest BCUT2D eigenvalue weighted by atomic mass is 9.85. The summed E-state index contributed by atoms with van der Waals surface area (Å²) >= 11 is 0. The molecule has 0 radical (unpaired) electrons. The molecule has 0 saturated heterocycles. The van der Waals surface area contributed by atoms with Gasteiger partial charge in [-0.3, -0.25) is 0 Å². The van der Waals surface area contributed by atoms with Crippen LogP contribution in [0.2, 0.25) is 0 Å². The minimum atomic E-state index is 0.262. The maximum atomic E-state index is 2.37. The van der Waals surface area contributed by atoms with Crippen molar-refractivity contribution < 1.29 is 0 Å². The fraction of sp³-hybridized carbons (Fsp3) is 0.0303. The van der Waals surface area contributed by atoms with Crippen LogP contribution >= 0.6 is 0 Å². The molecule has 0 aromatic heterocycles. The van der Waals surface area contributed by atoms with Gasteiger partial charge >= 0.3 is 0 Å². The Morgan fingerprint density at radius 2 is 0.939 bits per heavy atom. The lowest BCUT2D eigenvalue weighted by Gasteiger charge is -2.18. The normalized spacial score (nSPS) is 14.5. The van der Waals surface area contributed by atoms with Crippen LogP contribution in [0.3, 0.4) is 0 Å². The van der Waals surface area contributed by atoms with Crippen molar-refractivity contribution in [3.8, 4) is 22.3 Å². The van der Waals surface area contributed by atoms with E-state index in [1.165, 1.54) is 50.1 Å². The summed E-state index contributed by atoms with van der Waals surface area (Å²) in [5.74, 6) is 0.262. The summed E-state index contributed by atoms with van der Waals surface area (Å²) in [5.41, 5.74) is 11.7. The number of hydrogen-bond acceptors (Lipinski definition) is 0. The Bertz CT molecular complexity index is 1420. The minimum Gasteiger partial charge on any atom is -0.0622 e. The molecule has 0 nitrogen and oxygen atoms in total. The van der Waals surface area contributed by atoms with Crippen molar-refractivity contribution in [2.75, 3.05) is 0 Å². The molecule has 0 spiro atoms. The summed E-state index contributed by atoms with van der Waals surface area (Å²) in [7, 11) is 0. The van der Waals surface area contributed by atoms with E-state index in [0.29, 0.717) is 0 Å². The van der Waals surface area contributed by atoms with Gasteiger partial charge in [-0.1, -0.05) is 127 Å². The Kier molecular flexibility index (Phi) is 4.97. The number of benzene rings is 5. The Morgan fingerprint density at radius 1 is 0.394 bits per heavy atom. The van der Waals surface area contributed by atoms with Crippen LogP contribution in [0.15, 0.2) is 133 Å². The van der Waals surface area contributed by atoms with E-state index in [1.807, 2.05) is 0 Å². The van der Waals surface area contributed by atoms with Gasteiger partial charge in [0.15, 0.2) is 0 Å². The largest absolute Gasteiger partial charge is 0.0622 e. The van der Waals surface area contributed by atoms with Crippen LogP contribution in [0.25, 0.3) is 33.9 Å². The minimum absolute atomic E-state index is 0.262. The Labute approximate surface area is 195 Å². The van der Waals surface area contributed by atoms with Gasteiger partial charge in [0.2, 0.25) is 0 Å². The molecule has 1 aliphatic rings. The zero-order valence-corrected chi connectivity index (χ0v) is 18.4. The predicted molar refractivity (Wildman–Crippen MR) is 140 cm³/mol. The summed E-state index contributed by atoms with van der Waals surface area (Å²) in [5, 5.41) is 0. The van der Waals surface area contributed by atoms with Crippen molar-refractivity contribution in [3.63, 3.8) is 0 Å². The number of hydrogen-bond donors (Lipinski definition) is 0. The molecule has 5 aromatic carbocycles. The van der Waals surface area contributed by atoms with Gasteiger partial charge in [0.25, 0.3) is 0 Å². The lowest BCUT2D eigenvalue weighted by molar-refractivity contribution is 1.07. The van der Waals surface area contributed by atoms with Gasteiger partial charge in [0.1, 0.15) is 0 Å². The summed E-state index contributed by atoms with van der Waals surface area (Å²) in [6, 6.07) is 48.0. The smallest absolute Gasteiger partial charge is 0.0352 e. The van der Waals surface area contributed by atoms with Crippen LogP contribution in [0, 0.1) is 0 Å². The van der Waals surface area contributed by atoms with E-state index in [9.17, 15) is 0 Å². The second-order valence-corrected chi connectivity index (χ2v) is 8.60. The Hall–Kier alpha value is -4.16. The standard InChI is InChI=1S/C33H24/c1-3-10-24(11-4-1)25-18-20-26(21-19-25)28-15-9-16-29(22-28)32-23-30-14-7-8-17-31(30)33(32)27-12-5-2-6-13-27/h1-23,33H. The van der Waals surface area contributed by atoms with Gasteiger partial charge in [0.05, 0.1) is 0 Å². The third-order valence-electron chi connectivity index (χ3n) is 6.58. The maximum absolute atomic E-state index is 2.37. The molecule has 5 aromatic rings. The third-order valence-corrected chi connectivity index (χ3v) is 6.58. The summed E-state index contributed by atoms with van der Waals surface area (Å²) in [6.07, 6.45) is 2.37. The molecule has 0 fully saturated rings. The number of fused-ring (bicyclic) bond motifs is 1. The quantitative estimate of drug-likeness (QED) is 0.273. The molecule has 33 heavy (non-hydrogen) atoms. The molecule has 6 rings (SSSR count). The molecule has 0 heteroatoms. The van der Waals surface area contributed by atoms with E-state index in [4.69, 9.17) is 0 Å². The van der Waals surface area contributed by atoms with Crippen LogP contribution < -0.4 is 0 Å². The summed E-state index contributed by atoms with van der Waals surface area (Å²) < 4.78 is 0. The van der Waals surface area contributed by atoms with E-state index < -0.39 is 0 Å². The fourth-order valence-corrected chi connectivity index (χ4v) is 4.94. The molecule has 0 bridgehead atoms. The second-order valence-electron chi connectivity index (χ2n) is 8.60. The van der Waals surface area contributed by atoms with Gasteiger partial charge in [-0.25, -0.2) is 0 Å². The number of allylic oxidation sites excluding steroid dienone is 1. The Morgan fingerprint density at radius 3 is 1.70 bits per heavy atom. The summed E-state index contributed by atoms with van der Waals surface area (Å²) in [6.45, 7) is 0. The van der Waals surface area contributed by atoms with Crippen molar-refractivity contribution in [2.24, 2.45) is 0 Å². The molecule has 0 saturated carbocycles. The predicted octanol–water partition coefficient (Wildman–Crippen LogP) is 8.71. The third kappa shape index (κ3) is 3.70. The van der Waals surface area contributed by atoms with Crippen LogP contribution in [0.4, 0.5) is 0 Å². The zero-order valence-electron chi connectivity index (χ0n) is 18.4. The molecule has 156 valence electrons. The molecule has 1 aliphatic carbocycles. The van der Waals surface area contributed by atoms with Gasteiger partial charge in [-0.2, -0.15) is 0 Å². The first kappa shape index (κ1) is 19.5. The molecule has 1 atom stereocenters. The van der Waals surface area contributed by atoms with Crippen LogP contribution in [-0.4, -0.2) is 0 Å². The fourth-order valence-electron chi connectivity index (χ4n) is 4.94. The monoisotopic (exact) mass is 420 g/mol. The highest BCUT2D eigenvalue weighted by molar-refractivity contribution is 5.94. The Balaban J connectivity index is 1.38. The first-order chi connectivity index (χ1) is 16.4. The first-order valence-corrected chi connectivity index (χ1v) is 11.5. The first-order valence-electron chi connectivity index (χ1n) is 11.5. The highest BCUT2D eigenvalue weighted by Crippen LogP contribution is 2.46. The molecule has 0 aliphatic heterocycles. The topological polar surface area (TPSA) is 0 Å².